The number of piperidine rings is 1. The first-order valence-electron chi connectivity index (χ1n) is 7.38. The topological polar surface area (TPSA) is 29.0 Å². The average molecular weight is 245 g/mol. The summed E-state index contributed by atoms with van der Waals surface area (Å²) >= 11 is 0. The molecule has 0 bridgehead atoms. The average Bonchev–Trinajstić information content (AvgIpc) is 3.23. The zero-order valence-electron chi connectivity index (χ0n) is 11.5. The molecule has 0 atom stereocenters. The molecule has 1 saturated heterocycles. The van der Waals surface area contributed by atoms with E-state index in [0.717, 1.165) is 5.82 Å². The number of rotatable bonds is 3. The fourth-order valence-corrected chi connectivity index (χ4v) is 2.60. The molecule has 3 heteroatoms. The molecule has 3 rings (SSSR count). The van der Waals surface area contributed by atoms with Crippen LogP contribution < -0.4 is 4.90 Å². The second-order valence-electron chi connectivity index (χ2n) is 5.99. The van der Waals surface area contributed by atoms with Gasteiger partial charge in [0.05, 0.1) is 0 Å². The molecule has 2 aliphatic rings. The van der Waals surface area contributed by atoms with Crippen molar-refractivity contribution >= 4 is 5.82 Å². The van der Waals surface area contributed by atoms with E-state index in [2.05, 4.69) is 24.8 Å². The summed E-state index contributed by atoms with van der Waals surface area (Å²) in [6.07, 6.45) is 6.61. The molecule has 3 nitrogen and oxygen atoms in total. The van der Waals surface area contributed by atoms with Crippen LogP contribution in [0.3, 0.4) is 0 Å². The summed E-state index contributed by atoms with van der Waals surface area (Å²) in [6, 6.07) is 2.24. The number of aromatic nitrogens is 2. The third kappa shape index (κ3) is 2.50. The summed E-state index contributed by atoms with van der Waals surface area (Å²) in [4.78, 5) is 12.0. The Morgan fingerprint density at radius 3 is 2.44 bits per heavy atom. The third-order valence-corrected chi connectivity index (χ3v) is 3.94. The van der Waals surface area contributed by atoms with Crippen molar-refractivity contribution in [2.45, 2.75) is 57.8 Å². The zero-order chi connectivity index (χ0) is 12.5. The molecule has 18 heavy (non-hydrogen) atoms. The van der Waals surface area contributed by atoms with Crippen LogP contribution >= 0.6 is 0 Å². The van der Waals surface area contributed by atoms with Crippen LogP contribution in [-0.2, 0) is 0 Å². The number of anilines is 1. The Bertz CT molecular complexity index is 397. The summed E-state index contributed by atoms with van der Waals surface area (Å²) in [5.74, 6) is 3.34. The van der Waals surface area contributed by atoms with Gasteiger partial charge in [0.25, 0.3) is 0 Å². The van der Waals surface area contributed by atoms with Gasteiger partial charge in [-0.15, -0.1) is 0 Å². The van der Waals surface area contributed by atoms with E-state index in [4.69, 9.17) is 9.97 Å². The molecule has 98 valence electrons. The molecule has 0 unspecified atom stereocenters. The molecule has 0 spiro atoms. The maximum atomic E-state index is 4.78. The highest BCUT2D eigenvalue weighted by Gasteiger charge is 2.27. The minimum atomic E-state index is 0.423. The third-order valence-electron chi connectivity index (χ3n) is 3.94. The van der Waals surface area contributed by atoms with Crippen molar-refractivity contribution in [3.63, 3.8) is 0 Å². The van der Waals surface area contributed by atoms with Crippen molar-refractivity contribution in [3.8, 4) is 0 Å². The van der Waals surface area contributed by atoms with E-state index >= 15 is 0 Å². The van der Waals surface area contributed by atoms with Crippen LogP contribution in [0.2, 0.25) is 0 Å². The maximum Gasteiger partial charge on any atom is 0.133 e. The van der Waals surface area contributed by atoms with Gasteiger partial charge >= 0.3 is 0 Å². The van der Waals surface area contributed by atoms with Crippen LogP contribution in [0.25, 0.3) is 0 Å². The molecule has 1 aromatic heterocycles. The van der Waals surface area contributed by atoms with Crippen molar-refractivity contribution in [2.75, 3.05) is 18.0 Å². The second kappa shape index (κ2) is 4.87. The van der Waals surface area contributed by atoms with Gasteiger partial charge in [-0.1, -0.05) is 13.8 Å². The zero-order valence-corrected chi connectivity index (χ0v) is 11.5. The molecule has 1 saturated carbocycles. The van der Waals surface area contributed by atoms with E-state index in [1.54, 1.807) is 0 Å². The molecule has 0 amide bonds. The number of hydrogen-bond acceptors (Lipinski definition) is 3. The minimum Gasteiger partial charge on any atom is -0.357 e. The van der Waals surface area contributed by atoms with E-state index < -0.39 is 0 Å². The SMILES string of the molecule is CC(C)c1nc(C2CC2)cc(N2CCCCC2)n1. The predicted molar refractivity (Wildman–Crippen MR) is 74.2 cm³/mol. The molecule has 0 aromatic carbocycles. The van der Waals surface area contributed by atoms with Crippen molar-refractivity contribution in [1.82, 2.24) is 9.97 Å². The summed E-state index contributed by atoms with van der Waals surface area (Å²) in [5, 5.41) is 0. The molecular weight excluding hydrogens is 222 g/mol. The van der Waals surface area contributed by atoms with Gasteiger partial charge in [-0.2, -0.15) is 0 Å². The lowest BCUT2D eigenvalue weighted by Gasteiger charge is -2.28. The summed E-state index contributed by atoms with van der Waals surface area (Å²) in [5.41, 5.74) is 1.29. The largest absolute Gasteiger partial charge is 0.357 e. The smallest absolute Gasteiger partial charge is 0.133 e. The summed E-state index contributed by atoms with van der Waals surface area (Å²) < 4.78 is 0. The molecule has 1 aliphatic carbocycles. The molecule has 2 fully saturated rings. The first kappa shape index (κ1) is 11.9. The highest BCUT2D eigenvalue weighted by atomic mass is 15.2. The second-order valence-corrected chi connectivity index (χ2v) is 5.99. The molecular formula is C15H23N3. The first-order valence-corrected chi connectivity index (χ1v) is 7.38. The quantitative estimate of drug-likeness (QED) is 0.816. The van der Waals surface area contributed by atoms with Crippen LogP contribution in [0.15, 0.2) is 6.07 Å². The lowest BCUT2D eigenvalue weighted by Crippen LogP contribution is -2.30. The van der Waals surface area contributed by atoms with Gasteiger partial charge in [0, 0.05) is 36.7 Å². The monoisotopic (exact) mass is 245 g/mol. The Balaban J connectivity index is 1.91. The van der Waals surface area contributed by atoms with Gasteiger partial charge in [-0.25, -0.2) is 9.97 Å². The first-order chi connectivity index (χ1) is 8.74. The van der Waals surface area contributed by atoms with Crippen molar-refractivity contribution in [2.24, 2.45) is 0 Å². The van der Waals surface area contributed by atoms with Gasteiger partial charge < -0.3 is 4.90 Å². The predicted octanol–water partition coefficient (Wildman–Crippen LogP) is 3.47. The van der Waals surface area contributed by atoms with Crippen LogP contribution in [0, 0.1) is 0 Å². The van der Waals surface area contributed by atoms with E-state index in [1.807, 2.05) is 0 Å². The fraction of sp³-hybridized carbons (Fsp3) is 0.733. The van der Waals surface area contributed by atoms with Crippen LogP contribution in [0.4, 0.5) is 5.82 Å². The van der Waals surface area contributed by atoms with E-state index in [9.17, 15) is 0 Å². The molecule has 1 aliphatic heterocycles. The maximum absolute atomic E-state index is 4.78. The number of nitrogens with zero attached hydrogens (tertiary/aromatic N) is 3. The van der Waals surface area contributed by atoms with Crippen LogP contribution in [-0.4, -0.2) is 23.1 Å². The van der Waals surface area contributed by atoms with Crippen molar-refractivity contribution < 1.29 is 0 Å². The Labute approximate surface area is 110 Å². The lowest BCUT2D eigenvalue weighted by molar-refractivity contribution is 0.570. The highest BCUT2D eigenvalue weighted by Crippen LogP contribution is 2.40. The highest BCUT2D eigenvalue weighted by molar-refractivity contribution is 5.42. The molecule has 1 aromatic rings. The molecule has 0 N–H and O–H groups in total. The lowest BCUT2D eigenvalue weighted by atomic mass is 10.1. The normalized spacial score (nSPS) is 20.5. The van der Waals surface area contributed by atoms with E-state index in [1.165, 1.54) is 56.7 Å². The van der Waals surface area contributed by atoms with Gasteiger partial charge in [0.1, 0.15) is 11.6 Å². The standard InChI is InChI=1S/C15H23N3/c1-11(2)15-16-13(12-6-7-12)10-14(17-15)18-8-4-3-5-9-18/h10-12H,3-9H2,1-2H3. The van der Waals surface area contributed by atoms with Gasteiger partial charge in [-0.05, 0) is 32.1 Å². The Morgan fingerprint density at radius 2 is 1.83 bits per heavy atom. The van der Waals surface area contributed by atoms with Gasteiger partial charge in [0.15, 0.2) is 0 Å². The Kier molecular flexibility index (Phi) is 3.23. The fourth-order valence-electron chi connectivity index (χ4n) is 2.60. The summed E-state index contributed by atoms with van der Waals surface area (Å²) in [6.45, 7) is 6.70. The van der Waals surface area contributed by atoms with Gasteiger partial charge in [-0.3, -0.25) is 0 Å². The summed E-state index contributed by atoms with van der Waals surface area (Å²) in [7, 11) is 0. The van der Waals surface area contributed by atoms with E-state index in [0.29, 0.717) is 11.8 Å². The minimum absolute atomic E-state index is 0.423. The number of hydrogen-bond donors (Lipinski definition) is 0. The van der Waals surface area contributed by atoms with Crippen molar-refractivity contribution in [3.05, 3.63) is 17.6 Å². The van der Waals surface area contributed by atoms with E-state index in [-0.39, 0.29) is 0 Å². The van der Waals surface area contributed by atoms with Crippen LogP contribution in [0.1, 0.15) is 69.3 Å². The Morgan fingerprint density at radius 1 is 1.11 bits per heavy atom. The molecule has 0 radical (unpaired) electrons. The van der Waals surface area contributed by atoms with Gasteiger partial charge in [0.2, 0.25) is 0 Å². The molecule has 2 heterocycles. The van der Waals surface area contributed by atoms with Crippen LogP contribution in [0.5, 0.6) is 0 Å². The Hall–Kier alpha value is -1.12. The van der Waals surface area contributed by atoms with Crippen molar-refractivity contribution in [1.29, 1.82) is 0 Å².